The molecule has 140 valence electrons. The largest absolute Gasteiger partial charge is 0.444 e. The van der Waals surface area contributed by atoms with Crippen molar-refractivity contribution in [2.75, 3.05) is 37.6 Å². The summed E-state index contributed by atoms with van der Waals surface area (Å²) in [6, 6.07) is 2.45. The van der Waals surface area contributed by atoms with Gasteiger partial charge in [0.05, 0.1) is 5.69 Å². The highest BCUT2D eigenvalue weighted by molar-refractivity contribution is 5.68. The lowest BCUT2D eigenvalue weighted by atomic mass is 10.00. The molecule has 1 atom stereocenters. The van der Waals surface area contributed by atoms with Crippen molar-refractivity contribution in [3.63, 3.8) is 0 Å². The molecule has 5 nitrogen and oxygen atoms in total. The fraction of sp³-hybridized carbons (Fsp3) is 0.611. The molecule has 1 aromatic carbocycles. The predicted molar refractivity (Wildman–Crippen MR) is 93.8 cm³/mol. The molecule has 1 aliphatic rings. The van der Waals surface area contributed by atoms with Gasteiger partial charge in [0, 0.05) is 32.2 Å². The number of amides is 1. The van der Waals surface area contributed by atoms with Crippen LogP contribution in [0.25, 0.3) is 0 Å². The zero-order chi connectivity index (χ0) is 18.8. The fourth-order valence-corrected chi connectivity index (χ4v) is 2.76. The fourth-order valence-electron chi connectivity index (χ4n) is 2.76. The number of benzene rings is 1. The van der Waals surface area contributed by atoms with Crippen LogP contribution in [-0.4, -0.2) is 49.3 Å². The number of carbonyl (C=O) groups excluding carboxylic acids is 1. The monoisotopic (exact) mass is 355 g/mol. The Morgan fingerprint density at radius 3 is 2.32 bits per heavy atom. The Kier molecular flexibility index (Phi) is 5.87. The van der Waals surface area contributed by atoms with Crippen molar-refractivity contribution in [1.29, 1.82) is 0 Å². The van der Waals surface area contributed by atoms with Gasteiger partial charge in [-0.3, -0.25) is 0 Å². The van der Waals surface area contributed by atoms with Gasteiger partial charge >= 0.3 is 6.09 Å². The van der Waals surface area contributed by atoms with E-state index in [1.54, 1.807) is 16.7 Å². The summed E-state index contributed by atoms with van der Waals surface area (Å²) in [5.41, 5.74) is 5.49. The molecule has 0 aliphatic carbocycles. The lowest BCUT2D eigenvalue weighted by Crippen LogP contribution is -2.50. The Balaban J connectivity index is 2.06. The van der Waals surface area contributed by atoms with Crippen molar-refractivity contribution in [3.05, 3.63) is 29.3 Å². The average Bonchev–Trinajstić information content (AvgIpc) is 2.54. The van der Waals surface area contributed by atoms with E-state index in [0.717, 1.165) is 0 Å². The van der Waals surface area contributed by atoms with Crippen molar-refractivity contribution < 1.29 is 18.3 Å². The van der Waals surface area contributed by atoms with Crippen LogP contribution in [0.5, 0.6) is 0 Å². The highest BCUT2D eigenvalue weighted by Gasteiger charge is 2.27. The van der Waals surface area contributed by atoms with Crippen LogP contribution in [0.15, 0.2) is 12.1 Å². The van der Waals surface area contributed by atoms with E-state index in [9.17, 15) is 13.6 Å². The molecule has 0 unspecified atom stereocenters. The van der Waals surface area contributed by atoms with Crippen molar-refractivity contribution in [3.8, 4) is 0 Å². The van der Waals surface area contributed by atoms with Crippen LogP contribution in [0, 0.1) is 11.6 Å². The van der Waals surface area contributed by atoms with Gasteiger partial charge in [0.15, 0.2) is 0 Å². The standard InChI is InChI=1S/C18H27F2N3O2/c1-12(11-21)13-9-15(20)16(10-14(13)19)22-5-7-23(8-6-22)17(24)25-18(2,3)4/h9-10,12H,5-8,11,21H2,1-4H3/t12-/m1/s1. The molecule has 25 heavy (non-hydrogen) atoms. The van der Waals surface area contributed by atoms with E-state index in [1.165, 1.54) is 12.1 Å². The van der Waals surface area contributed by atoms with E-state index in [-0.39, 0.29) is 29.8 Å². The molecule has 0 radical (unpaired) electrons. The minimum absolute atomic E-state index is 0.217. The van der Waals surface area contributed by atoms with Crippen LogP contribution in [0.3, 0.4) is 0 Å². The van der Waals surface area contributed by atoms with Crippen molar-refractivity contribution in [1.82, 2.24) is 4.90 Å². The Labute approximate surface area is 147 Å². The van der Waals surface area contributed by atoms with Gasteiger partial charge < -0.3 is 20.3 Å². The van der Waals surface area contributed by atoms with Crippen LogP contribution in [0.4, 0.5) is 19.3 Å². The van der Waals surface area contributed by atoms with Gasteiger partial charge in [0.25, 0.3) is 0 Å². The molecule has 1 aliphatic heterocycles. The number of anilines is 1. The molecular formula is C18H27F2N3O2. The Hall–Kier alpha value is -1.89. The number of piperazine rings is 1. The maximum atomic E-state index is 14.4. The zero-order valence-corrected chi connectivity index (χ0v) is 15.3. The topological polar surface area (TPSA) is 58.8 Å². The zero-order valence-electron chi connectivity index (χ0n) is 15.3. The maximum Gasteiger partial charge on any atom is 0.410 e. The van der Waals surface area contributed by atoms with Crippen LogP contribution >= 0.6 is 0 Å². The second-order valence-electron chi connectivity index (χ2n) is 7.42. The third-order valence-electron chi connectivity index (χ3n) is 4.22. The molecule has 1 saturated heterocycles. The highest BCUT2D eigenvalue weighted by Crippen LogP contribution is 2.28. The van der Waals surface area contributed by atoms with Gasteiger partial charge in [0.1, 0.15) is 17.2 Å². The molecule has 0 aromatic heterocycles. The maximum absolute atomic E-state index is 14.4. The highest BCUT2D eigenvalue weighted by atomic mass is 19.1. The van der Waals surface area contributed by atoms with E-state index >= 15 is 0 Å². The smallest absolute Gasteiger partial charge is 0.410 e. The van der Waals surface area contributed by atoms with Crippen LogP contribution in [0.2, 0.25) is 0 Å². The second-order valence-corrected chi connectivity index (χ2v) is 7.42. The summed E-state index contributed by atoms with van der Waals surface area (Å²) in [5, 5.41) is 0. The van der Waals surface area contributed by atoms with Gasteiger partial charge in [-0.1, -0.05) is 6.92 Å². The normalized spacial score (nSPS) is 16.8. The van der Waals surface area contributed by atoms with Crippen LogP contribution in [-0.2, 0) is 4.74 Å². The number of rotatable bonds is 3. The van der Waals surface area contributed by atoms with Crippen molar-refractivity contribution in [2.45, 2.75) is 39.2 Å². The summed E-state index contributed by atoms with van der Waals surface area (Å²) in [6.45, 7) is 9.08. The minimum Gasteiger partial charge on any atom is -0.444 e. The van der Waals surface area contributed by atoms with Crippen LogP contribution in [0.1, 0.15) is 39.2 Å². The molecule has 1 heterocycles. The average molecular weight is 355 g/mol. The Morgan fingerprint density at radius 1 is 1.20 bits per heavy atom. The van der Waals surface area contributed by atoms with Gasteiger partial charge in [-0.15, -0.1) is 0 Å². The molecule has 1 fully saturated rings. The summed E-state index contributed by atoms with van der Waals surface area (Å²) in [4.78, 5) is 15.4. The number of carbonyl (C=O) groups is 1. The molecular weight excluding hydrogens is 328 g/mol. The first-order valence-corrected chi connectivity index (χ1v) is 8.54. The van der Waals surface area contributed by atoms with Crippen molar-refractivity contribution >= 4 is 11.8 Å². The molecule has 1 aromatic rings. The van der Waals surface area contributed by atoms with Gasteiger partial charge in [-0.25, -0.2) is 13.6 Å². The van der Waals surface area contributed by atoms with E-state index in [1.807, 2.05) is 20.8 Å². The van der Waals surface area contributed by atoms with E-state index in [2.05, 4.69) is 0 Å². The molecule has 0 bridgehead atoms. The minimum atomic E-state index is -0.557. The number of hydrogen-bond acceptors (Lipinski definition) is 4. The lowest BCUT2D eigenvalue weighted by molar-refractivity contribution is 0.0240. The van der Waals surface area contributed by atoms with Gasteiger partial charge in [-0.2, -0.15) is 0 Å². The summed E-state index contributed by atoms with van der Waals surface area (Å²) in [7, 11) is 0. The summed E-state index contributed by atoms with van der Waals surface area (Å²) in [5.74, 6) is -1.17. The molecule has 2 N–H and O–H groups in total. The second kappa shape index (κ2) is 7.56. The third kappa shape index (κ3) is 4.81. The first-order valence-electron chi connectivity index (χ1n) is 8.54. The van der Waals surface area contributed by atoms with E-state index in [4.69, 9.17) is 10.5 Å². The van der Waals surface area contributed by atoms with Crippen molar-refractivity contribution in [2.24, 2.45) is 5.73 Å². The number of nitrogens with zero attached hydrogens (tertiary/aromatic N) is 2. The molecule has 1 amide bonds. The first kappa shape index (κ1) is 19.4. The number of hydrogen-bond donors (Lipinski definition) is 1. The van der Waals surface area contributed by atoms with E-state index in [0.29, 0.717) is 26.2 Å². The van der Waals surface area contributed by atoms with Gasteiger partial charge in [-0.05, 0) is 44.9 Å². The molecule has 0 saturated carbocycles. The number of ether oxygens (including phenoxy) is 1. The Bertz CT molecular complexity index is 623. The lowest BCUT2D eigenvalue weighted by Gasteiger charge is -2.37. The first-order chi connectivity index (χ1) is 11.6. The quantitative estimate of drug-likeness (QED) is 0.905. The SMILES string of the molecule is C[C@H](CN)c1cc(F)c(N2CCN(C(=O)OC(C)(C)C)CC2)cc1F. The molecule has 2 rings (SSSR count). The molecule has 0 spiro atoms. The van der Waals surface area contributed by atoms with Crippen LogP contribution < -0.4 is 10.6 Å². The molecule has 7 heteroatoms. The predicted octanol–water partition coefficient (Wildman–Crippen LogP) is 3.08. The summed E-state index contributed by atoms with van der Waals surface area (Å²) in [6.07, 6.45) is -0.383. The van der Waals surface area contributed by atoms with E-state index < -0.39 is 17.2 Å². The summed E-state index contributed by atoms with van der Waals surface area (Å²) < 4.78 is 34.1. The third-order valence-corrected chi connectivity index (χ3v) is 4.22. The number of halogens is 2. The number of nitrogens with two attached hydrogens (primary N) is 1. The summed E-state index contributed by atoms with van der Waals surface area (Å²) >= 11 is 0. The van der Waals surface area contributed by atoms with Gasteiger partial charge in [0.2, 0.25) is 0 Å². The Morgan fingerprint density at radius 2 is 1.80 bits per heavy atom.